The molecule has 0 radical (unpaired) electrons. The Morgan fingerprint density at radius 1 is 1.20 bits per heavy atom. The molecule has 0 saturated heterocycles. The minimum Gasteiger partial charge on any atom is -0.375 e. The fourth-order valence-corrected chi connectivity index (χ4v) is 1.77. The maximum atomic E-state index is 5.54. The molecule has 2 atom stereocenters. The molecular weight excluding hydrogens is 250 g/mol. The van der Waals surface area contributed by atoms with Crippen LogP contribution in [-0.2, 0) is 4.74 Å². The van der Waals surface area contributed by atoms with Crippen LogP contribution in [-0.4, -0.2) is 32.7 Å². The van der Waals surface area contributed by atoms with Crippen molar-refractivity contribution in [3.8, 4) is 0 Å². The molecule has 0 heterocycles. The minimum atomic E-state index is 0.0177. The molecule has 1 aromatic rings. The predicted octanol–water partition coefficient (Wildman–Crippen LogP) is 2.58. The Morgan fingerprint density at radius 2 is 1.85 bits per heavy atom. The highest BCUT2D eigenvalue weighted by Gasteiger charge is 2.13. The molecule has 1 aromatic carbocycles. The van der Waals surface area contributed by atoms with Gasteiger partial charge in [0.2, 0.25) is 0 Å². The summed E-state index contributed by atoms with van der Waals surface area (Å²) < 4.78 is 5.54. The zero-order valence-corrected chi connectivity index (χ0v) is 13.2. The van der Waals surface area contributed by atoms with Crippen molar-refractivity contribution in [2.75, 3.05) is 20.7 Å². The van der Waals surface area contributed by atoms with Crippen LogP contribution in [0.15, 0.2) is 35.3 Å². The summed E-state index contributed by atoms with van der Waals surface area (Å²) in [6, 6.07) is 10.6. The molecule has 0 aromatic heterocycles. The molecule has 0 aliphatic heterocycles. The van der Waals surface area contributed by atoms with E-state index in [-0.39, 0.29) is 6.10 Å². The Hall–Kier alpha value is -1.55. The van der Waals surface area contributed by atoms with E-state index in [1.165, 1.54) is 0 Å². The highest BCUT2D eigenvalue weighted by molar-refractivity contribution is 5.79. The second-order valence-electron chi connectivity index (χ2n) is 5.27. The van der Waals surface area contributed by atoms with E-state index in [0.29, 0.717) is 18.5 Å². The third kappa shape index (κ3) is 5.21. The quantitative estimate of drug-likeness (QED) is 0.620. The van der Waals surface area contributed by atoms with Crippen molar-refractivity contribution in [3.63, 3.8) is 0 Å². The fourth-order valence-electron chi connectivity index (χ4n) is 1.77. The third-order valence-corrected chi connectivity index (χ3v) is 3.50. The van der Waals surface area contributed by atoms with Crippen molar-refractivity contribution in [3.05, 3.63) is 35.9 Å². The number of methoxy groups -OCH3 is 1. The van der Waals surface area contributed by atoms with Crippen LogP contribution < -0.4 is 10.6 Å². The summed E-state index contributed by atoms with van der Waals surface area (Å²) >= 11 is 0. The highest BCUT2D eigenvalue weighted by Crippen LogP contribution is 2.14. The Bertz CT molecular complexity index is 403. The second kappa shape index (κ2) is 8.59. The topological polar surface area (TPSA) is 45.7 Å². The Morgan fingerprint density at radius 3 is 2.35 bits per heavy atom. The number of hydrogen-bond acceptors (Lipinski definition) is 2. The molecule has 0 aliphatic rings. The maximum absolute atomic E-state index is 5.54. The van der Waals surface area contributed by atoms with Gasteiger partial charge in [0.05, 0.1) is 6.10 Å². The lowest BCUT2D eigenvalue weighted by Gasteiger charge is -2.23. The molecule has 0 spiro atoms. The van der Waals surface area contributed by atoms with Gasteiger partial charge in [0, 0.05) is 26.7 Å². The van der Waals surface area contributed by atoms with Gasteiger partial charge in [-0.05, 0) is 18.4 Å². The van der Waals surface area contributed by atoms with Gasteiger partial charge in [-0.3, -0.25) is 4.99 Å². The van der Waals surface area contributed by atoms with Crippen molar-refractivity contribution in [1.29, 1.82) is 0 Å². The van der Waals surface area contributed by atoms with Crippen LogP contribution in [0.2, 0.25) is 0 Å². The van der Waals surface area contributed by atoms with E-state index in [9.17, 15) is 0 Å². The Balaban J connectivity index is 2.55. The summed E-state index contributed by atoms with van der Waals surface area (Å²) in [5, 5.41) is 6.70. The molecule has 0 fully saturated rings. The Kier molecular flexibility index (Phi) is 7.09. The van der Waals surface area contributed by atoms with E-state index < -0.39 is 0 Å². The van der Waals surface area contributed by atoms with E-state index in [4.69, 9.17) is 4.74 Å². The number of benzene rings is 1. The van der Waals surface area contributed by atoms with Gasteiger partial charge in [0.25, 0.3) is 0 Å². The first kappa shape index (κ1) is 16.5. The van der Waals surface area contributed by atoms with E-state index in [2.05, 4.69) is 48.5 Å². The number of hydrogen-bond donors (Lipinski definition) is 2. The maximum Gasteiger partial charge on any atom is 0.191 e. The summed E-state index contributed by atoms with van der Waals surface area (Å²) in [6.45, 7) is 7.22. The average molecular weight is 277 g/mol. The first-order valence-corrected chi connectivity index (χ1v) is 7.13. The largest absolute Gasteiger partial charge is 0.375 e. The lowest BCUT2D eigenvalue weighted by molar-refractivity contribution is 0.106. The van der Waals surface area contributed by atoms with Gasteiger partial charge in [-0.2, -0.15) is 0 Å². The monoisotopic (exact) mass is 277 g/mol. The molecule has 112 valence electrons. The van der Waals surface area contributed by atoms with E-state index in [0.717, 1.165) is 11.5 Å². The smallest absolute Gasteiger partial charge is 0.191 e. The Labute approximate surface area is 122 Å². The standard InChI is InChI=1S/C16H27N3O/c1-12(2)13(3)19-16(17-4)18-11-15(20-5)14-9-7-6-8-10-14/h6-10,12-13,15H,11H2,1-5H3,(H2,17,18,19). The zero-order valence-electron chi connectivity index (χ0n) is 13.2. The molecule has 0 bridgehead atoms. The summed E-state index contributed by atoms with van der Waals surface area (Å²) in [6.07, 6.45) is 0.0177. The van der Waals surface area contributed by atoms with Gasteiger partial charge in [-0.25, -0.2) is 0 Å². The average Bonchev–Trinajstić information content (AvgIpc) is 2.47. The second-order valence-corrected chi connectivity index (χ2v) is 5.27. The number of nitrogens with zero attached hydrogens (tertiary/aromatic N) is 1. The molecule has 2 N–H and O–H groups in total. The van der Waals surface area contributed by atoms with Crippen LogP contribution in [0, 0.1) is 5.92 Å². The SMILES string of the molecule is CN=C(NCC(OC)c1ccccc1)NC(C)C(C)C. The van der Waals surface area contributed by atoms with Crippen molar-refractivity contribution in [1.82, 2.24) is 10.6 Å². The van der Waals surface area contributed by atoms with Crippen molar-refractivity contribution in [2.24, 2.45) is 10.9 Å². The number of rotatable bonds is 6. The summed E-state index contributed by atoms with van der Waals surface area (Å²) in [5.74, 6) is 1.37. The van der Waals surface area contributed by atoms with E-state index in [1.54, 1.807) is 14.2 Å². The highest BCUT2D eigenvalue weighted by atomic mass is 16.5. The first-order chi connectivity index (χ1) is 9.58. The molecule has 0 amide bonds. The molecule has 4 heteroatoms. The molecular formula is C16H27N3O. The lowest BCUT2D eigenvalue weighted by atomic mass is 10.1. The minimum absolute atomic E-state index is 0.0177. The van der Waals surface area contributed by atoms with Crippen molar-refractivity contribution in [2.45, 2.75) is 32.9 Å². The summed E-state index contributed by atoms with van der Waals surface area (Å²) in [7, 11) is 3.51. The normalized spacial score (nSPS) is 15.0. The van der Waals surface area contributed by atoms with Crippen LogP contribution in [0.25, 0.3) is 0 Å². The molecule has 1 rings (SSSR count). The fraction of sp³-hybridized carbons (Fsp3) is 0.562. The molecule has 0 aliphatic carbocycles. The molecule has 0 saturated carbocycles. The number of guanidine groups is 1. The number of aliphatic imine (C=N–C) groups is 1. The van der Waals surface area contributed by atoms with Gasteiger partial charge in [0.1, 0.15) is 0 Å². The lowest BCUT2D eigenvalue weighted by Crippen LogP contribution is -2.45. The number of ether oxygens (including phenoxy) is 1. The van der Waals surface area contributed by atoms with Gasteiger partial charge in [0.15, 0.2) is 5.96 Å². The third-order valence-electron chi connectivity index (χ3n) is 3.50. The molecule has 2 unspecified atom stereocenters. The van der Waals surface area contributed by atoms with Gasteiger partial charge >= 0.3 is 0 Å². The van der Waals surface area contributed by atoms with Crippen LogP contribution >= 0.6 is 0 Å². The van der Waals surface area contributed by atoms with Crippen LogP contribution in [0.4, 0.5) is 0 Å². The number of nitrogens with one attached hydrogen (secondary N) is 2. The van der Waals surface area contributed by atoms with Gasteiger partial charge < -0.3 is 15.4 Å². The first-order valence-electron chi connectivity index (χ1n) is 7.13. The summed E-state index contributed by atoms with van der Waals surface area (Å²) in [5.41, 5.74) is 1.16. The van der Waals surface area contributed by atoms with Crippen LogP contribution in [0.3, 0.4) is 0 Å². The molecule has 20 heavy (non-hydrogen) atoms. The predicted molar refractivity (Wildman–Crippen MR) is 85.0 cm³/mol. The van der Waals surface area contributed by atoms with E-state index in [1.807, 2.05) is 18.2 Å². The van der Waals surface area contributed by atoms with Gasteiger partial charge in [-0.15, -0.1) is 0 Å². The summed E-state index contributed by atoms with van der Waals surface area (Å²) in [4.78, 5) is 4.25. The van der Waals surface area contributed by atoms with Crippen LogP contribution in [0.1, 0.15) is 32.4 Å². The molecule has 4 nitrogen and oxygen atoms in total. The zero-order chi connectivity index (χ0) is 15.0. The van der Waals surface area contributed by atoms with Crippen molar-refractivity contribution >= 4 is 5.96 Å². The van der Waals surface area contributed by atoms with Crippen LogP contribution in [0.5, 0.6) is 0 Å². The van der Waals surface area contributed by atoms with Gasteiger partial charge in [-0.1, -0.05) is 44.2 Å². The van der Waals surface area contributed by atoms with E-state index >= 15 is 0 Å². The van der Waals surface area contributed by atoms with Crippen molar-refractivity contribution < 1.29 is 4.74 Å².